The minimum atomic E-state index is 0.594. The van der Waals surface area contributed by atoms with E-state index >= 15 is 0 Å². The van der Waals surface area contributed by atoms with Gasteiger partial charge < -0.3 is 19.1 Å². The fraction of sp³-hybridized carbons (Fsp3) is 0.387. The van der Waals surface area contributed by atoms with Gasteiger partial charge in [-0.25, -0.2) is 0 Å². The number of ether oxygens (including phenoxy) is 1. The third-order valence-electron chi connectivity index (χ3n) is 7.57. The van der Waals surface area contributed by atoms with Crippen molar-refractivity contribution in [3.63, 3.8) is 0 Å². The van der Waals surface area contributed by atoms with Gasteiger partial charge in [0.2, 0.25) is 5.95 Å². The zero-order chi connectivity index (χ0) is 26.3. The second-order valence-corrected chi connectivity index (χ2v) is 10.3. The molecule has 8 heteroatoms. The van der Waals surface area contributed by atoms with Crippen molar-refractivity contribution in [2.45, 2.75) is 45.1 Å². The zero-order valence-electron chi connectivity index (χ0n) is 22.5. The Bertz CT molecular complexity index is 1350. The SMILES string of the molecule is C(=N/Nc1cc(N2CCCCC2)nc(N2CCCCC2)n1)/c1cn(CCOc2ccccc2)c2ccccc12. The molecule has 6 rings (SSSR count). The third kappa shape index (κ3) is 6.16. The van der Waals surface area contributed by atoms with E-state index in [9.17, 15) is 0 Å². The topological polar surface area (TPSA) is 70.8 Å². The molecule has 0 amide bonds. The van der Waals surface area contributed by atoms with E-state index in [2.05, 4.69) is 55.4 Å². The molecule has 1 N–H and O–H groups in total. The summed E-state index contributed by atoms with van der Waals surface area (Å²) in [5.74, 6) is 3.43. The Morgan fingerprint density at radius 2 is 1.54 bits per heavy atom. The zero-order valence-corrected chi connectivity index (χ0v) is 22.5. The summed E-state index contributed by atoms with van der Waals surface area (Å²) >= 11 is 0. The van der Waals surface area contributed by atoms with Crippen LogP contribution in [0.1, 0.15) is 44.1 Å². The molecule has 0 spiro atoms. The van der Waals surface area contributed by atoms with Gasteiger partial charge in [-0.1, -0.05) is 36.4 Å². The minimum Gasteiger partial charge on any atom is -0.492 e. The van der Waals surface area contributed by atoms with Crippen LogP contribution in [0, 0.1) is 0 Å². The van der Waals surface area contributed by atoms with Crippen molar-refractivity contribution in [1.29, 1.82) is 0 Å². The van der Waals surface area contributed by atoms with E-state index in [1.54, 1.807) is 0 Å². The number of nitrogens with one attached hydrogen (secondary N) is 1. The van der Waals surface area contributed by atoms with Crippen molar-refractivity contribution in [3.8, 4) is 5.75 Å². The smallest absolute Gasteiger partial charge is 0.229 e. The van der Waals surface area contributed by atoms with E-state index in [-0.39, 0.29) is 0 Å². The Labute approximate surface area is 230 Å². The number of hydrazone groups is 1. The molecule has 0 unspecified atom stereocenters. The highest BCUT2D eigenvalue weighted by molar-refractivity contribution is 5.99. The second-order valence-electron chi connectivity index (χ2n) is 10.3. The molecule has 0 radical (unpaired) electrons. The Morgan fingerprint density at radius 1 is 0.821 bits per heavy atom. The largest absolute Gasteiger partial charge is 0.492 e. The number of piperidine rings is 2. The predicted molar refractivity (Wildman–Crippen MR) is 159 cm³/mol. The average molecular weight is 524 g/mol. The molecule has 2 aliphatic heterocycles. The van der Waals surface area contributed by atoms with Crippen LogP contribution in [-0.2, 0) is 6.54 Å². The number of fused-ring (bicyclic) bond motifs is 1. The Morgan fingerprint density at radius 3 is 2.33 bits per heavy atom. The van der Waals surface area contributed by atoms with Gasteiger partial charge in [-0.2, -0.15) is 15.1 Å². The van der Waals surface area contributed by atoms with E-state index in [1.807, 2.05) is 42.6 Å². The number of aromatic nitrogens is 3. The maximum Gasteiger partial charge on any atom is 0.229 e. The van der Waals surface area contributed by atoms with Gasteiger partial charge in [0.1, 0.15) is 18.2 Å². The lowest BCUT2D eigenvalue weighted by Crippen LogP contribution is -2.33. The van der Waals surface area contributed by atoms with Crippen LogP contribution in [0.25, 0.3) is 10.9 Å². The summed E-state index contributed by atoms with van der Waals surface area (Å²) in [5.41, 5.74) is 5.44. The van der Waals surface area contributed by atoms with Crippen LogP contribution in [0.15, 0.2) is 72.0 Å². The Hall–Kier alpha value is -4.07. The molecule has 0 aliphatic carbocycles. The molecular formula is C31H37N7O. The van der Waals surface area contributed by atoms with Gasteiger partial charge in [-0.05, 0) is 56.7 Å². The van der Waals surface area contributed by atoms with Gasteiger partial charge in [0.05, 0.1) is 12.8 Å². The van der Waals surface area contributed by atoms with Crippen molar-refractivity contribution in [1.82, 2.24) is 14.5 Å². The van der Waals surface area contributed by atoms with Gasteiger partial charge in [-0.3, -0.25) is 5.43 Å². The summed E-state index contributed by atoms with van der Waals surface area (Å²) in [6.07, 6.45) is 11.4. The molecule has 2 aromatic heterocycles. The molecule has 8 nitrogen and oxygen atoms in total. The summed E-state index contributed by atoms with van der Waals surface area (Å²) in [7, 11) is 0. The van der Waals surface area contributed by atoms with E-state index in [0.717, 1.165) is 72.5 Å². The van der Waals surface area contributed by atoms with Crippen molar-refractivity contribution in [3.05, 3.63) is 72.4 Å². The molecule has 2 fully saturated rings. The molecule has 0 saturated carbocycles. The monoisotopic (exact) mass is 523 g/mol. The summed E-state index contributed by atoms with van der Waals surface area (Å²) in [4.78, 5) is 14.5. The lowest BCUT2D eigenvalue weighted by atomic mass is 10.1. The Kier molecular flexibility index (Phi) is 7.89. The fourth-order valence-corrected chi connectivity index (χ4v) is 5.51. The molecule has 4 aromatic rings. The molecular weight excluding hydrogens is 486 g/mol. The van der Waals surface area contributed by atoms with E-state index < -0.39 is 0 Å². The van der Waals surface area contributed by atoms with E-state index in [4.69, 9.17) is 14.7 Å². The van der Waals surface area contributed by atoms with Crippen LogP contribution in [-0.4, -0.2) is 53.5 Å². The standard InChI is InChI=1S/C31H37N7O/c1-4-12-26(13-5-1)39-21-20-38-24-25(27-14-6-7-15-28(27)38)23-32-35-29-22-30(36-16-8-2-9-17-36)34-31(33-29)37-18-10-3-11-19-37/h1,4-7,12-15,22-24H,2-3,8-11,16-21H2,(H,33,34,35)/b32-23-. The maximum atomic E-state index is 5.94. The van der Waals surface area contributed by atoms with Gasteiger partial charge in [0, 0.05) is 54.9 Å². The summed E-state index contributed by atoms with van der Waals surface area (Å²) < 4.78 is 8.17. The minimum absolute atomic E-state index is 0.594. The molecule has 2 aromatic carbocycles. The lowest BCUT2D eigenvalue weighted by molar-refractivity contribution is 0.300. The van der Waals surface area contributed by atoms with Gasteiger partial charge >= 0.3 is 0 Å². The summed E-state index contributed by atoms with van der Waals surface area (Å²) in [5, 5.41) is 5.79. The van der Waals surface area contributed by atoms with Crippen molar-refractivity contribution in [2.75, 3.05) is 48.0 Å². The maximum absolute atomic E-state index is 5.94. The average Bonchev–Trinajstić information content (AvgIpc) is 3.36. The van der Waals surface area contributed by atoms with Gasteiger partial charge in [0.15, 0.2) is 5.82 Å². The van der Waals surface area contributed by atoms with Crippen molar-refractivity contribution >= 4 is 34.7 Å². The molecule has 202 valence electrons. The van der Waals surface area contributed by atoms with Crippen LogP contribution in [0.5, 0.6) is 5.75 Å². The van der Waals surface area contributed by atoms with Gasteiger partial charge in [0.25, 0.3) is 0 Å². The number of rotatable bonds is 9. The molecule has 39 heavy (non-hydrogen) atoms. The Balaban J connectivity index is 1.20. The highest BCUT2D eigenvalue weighted by atomic mass is 16.5. The van der Waals surface area contributed by atoms with Gasteiger partial charge in [-0.15, -0.1) is 0 Å². The summed E-state index contributed by atoms with van der Waals surface area (Å²) in [6.45, 7) is 5.47. The predicted octanol–water partition coefficient (Wildman–Crippen LogP) is 5.94. The first-order valence-corrected chi connectivity index (χ1v) is 14.3. The van der Waals surface area contributed by atoms with Crippen LogP contribution < -0.4 is 20.0 Å². The number of anilines is 3. The molecule has 0 bridgehead atoms. The number of nitrogens with zero attached hydrogens (tertiary/aromatic N) is 6. The number of hydrogen-bond donors (Lipinski definition) is 1. The quantitative estimate of drug-likeness (QED) is 0.216. The van der Waals surface area contributed by atoms with E-state index in [1.165, 1.54) is 38.5 Å². The first-order chi connectivity index (χ1) is 19.3. The highest BCUT2D eigenvalue weighted by Gasteiger charge is 2.19. The molecule has 2 saturated heterocycles. The summed E-state index contributed by atoms with van der Waals surface area (Å²) in [6, 6.07) is 20.4. The second kappa shape index (κ2) is 12.2. The number of benzene rings is 2. The third-order valence-corrected chi connectivity index (χ3v) is 7.57. The molecule has 4 heterocycles. The molecule has 0 atom stereocenters. The fourth-order valence-electron chi connectivity index (χ4n) is 5.51. The van der Waals surface area contributed by atoms with Crippen molar-refractivity contribution in [2.24, 2.45) is 5.10 Å². The van der Waals surface area contributed by atoms with Crippen LogP contribution in [0.2, 0.25) is 0 Å². The first kappa shape index (κ1) is 25.2. The normalized spacial score (nSPS) is 16.2. The van der Waals surface area contributed by atoms with Crippen LogP contribution in [0.4, 0.5) is 17.6 Å². The van der Waals surface area contributed by atoms with Crippen LogP contribution >= 0.6 is 0 Å². The highest BCUT2D eigenvalue weighted by Crippen LogP contribution is 2.26. The molecule has 2 aliphatic rings. The first-order valence-electron chi connectivity index (χ1n) is 14.3. The number of hydrogen-bond acceptors (Lipinski definition) is 7. The van der Waals surface area contributed by atoms with Crippen molar-refractivity contribution < 1.29 is 4.74 Å². The van der Waals surface area contributed by atoms with E-state index in [0.29, 0.717) is 6.61 Å². The lowest BCUT2D eigenvalue weighted by Gasteiger charge is -2.31. The van der Waals surface area contributed by atoms with Crippen LogP contribution in [0.3, 0.4) is 0 Å². The number of para-hydroxylation sites is 2.